The number of urea groups is 1. The van der Waals surface area contributed by atoms with Crippen LogP contribution in [0.15, 0.2) is 0 Å². The van der Waals surface area contributed by atoms with Gasteiger partial charge in [0.15, 0.2) is 0 Å². The van der Waals surface area contributed by atoms with Gasteiger partial charge >= 0.3 is 12.0 Å². The Morgan fingerprint density at radius 1 is 1.19 bits per heavy atom. The van der Waals surface area contributed by atoms with E-state index in [2.05, 4.69) is 24.5 Å². The summed E-state index contributed by atoms with van der Waals surface area (Å²) < 4.78 is 0. The van der Waals surface area contributed by atoms with E-state index in [0.29, 0.717) is 5.92 Å². The zero-order valence-electron chi connectivity index (χ0n) is 10.4. The summed E-state index contributed by atoms with van der Waals surface area (Å²) >= 11 is 0. The van der Waals surface area contributed by atoms with E-state index in [-0.39, 0.29) is 6.04 Å². The van der Waals surface area contributed by atoms with Crippen LogP contribution in [0.2, 0.25) is 0 Å². The third-order valence-electron chi connectivity index (χ3n) is 2.55. The van der Waals surface area contributed by atoms with Crippen LogP contribution >= 0.6 is 0 Å². The number of carbonyl (C=O) groups excluding carboxylic acids is 1. The summed E-state index contributed by atoms with van der Waals surface area (Å²) in [6, 6.07) is -1.24. The maximum Gasteiger partial charge on any atom is 0.325 e. The third-order valence-corrected chi connectivity index (χ3v) is 2.55. The van der Waals surface area contributed by atoms with Crippen molar-refractivity contribution >= 4 is 12.0 Å². The predicted molar refractivity (Wildman–Crippen MR) is 62.3 cm³/mol. The van der Waals surface area contributed by atoms with Crippen LogP contribution < -0.4 is 10.6 Å². The summed E-state index contributed by atoms with van der Waals surface area (Å²) in [6.07, 6.45) is 1.96. The van der Waals surface area contributed by atoms with Gasteiger partial charge in [-0.05, 0) is 26.2 Å². The normalized spacial score (nSPS) is 16.0. The molecule has 0 heterocycles. The molecule has 0 radical (unpaired) electrons. The van der Waals surface area contributed by atoms with Gasteiger partial charge in [0.25, 0.3) is 0 Å². The third kappa shape index (κ3) is 6.27. The van der Waals surface area contributed by atoms with Crippen molar-refractivity contribution in [3.05, 3.63) is 0 Å². The van der Waals surface area contributed by atoms with Gasteiger partial charge in [-0.1, -0.05) is 20.3 Å². The molecule has 5 heteroatoms. The minimum absolute atomic E-state index is 0.0518. The van der Waals surface area contributed by atoms with Gasteiger partial charge in [-0.15, -0.1) is 0 Å². The summed E-state index contributed by atoms with van der Waals surface area (Å²) in [6.45, 7) is 7.57. The molecule has 0 saturated carbocycles. The number of nitrogens with one attached hydrogen (secondary N) is 2. The lowest BCUT2D eigenvalue weighted by atomic mass is 10.0. The summed E-state index contributed by atoms with van der Waals surface area (Å²) in [5.74, 6) is -0.489. The van der Waals surface area contributed by atoms with Crippen LogP contribution in [0.1, 0.15) is 40.5 Å². The van der Waals surface area contributed by atoms with Crippen LogP contribution in [0.5, 0.6) is 0 Å². The zero-order chi connectivity index (χ0) is 12.7. The van der Waals surface area contributed by atoms with Gasteiger partial charge in [0.1, 0.15) is 6.04 Å². The highest BCUT2D eigenvalue weighted by atomic mass is 16.4. The average molecular weight is 230 g/mol. The molecule has 0 spiro atoms. The molecule has 5 nitrogen and oxygen atoms in total. The quantitative estimate of drug-likeness (QED) is 0.648. The molecule has 3 atom stereocenters. The number of carbonyl (C=O) groups is 2. The molecule has 0 aliphatic carbocycles. The Morgan fingerprint density at radius 3 is 2.19 bits per heavy atom. The minimum Gasteiger partial charge on any atom is -0.480 e. The van der Waals surface area contributed by atoms with Crippen molar-refractivity contribution in [2.45, 2.75) is 52.6 Å². The molecule has 16 heavy (non-hydrogen) atoms. The Hall–Kier alpha value is -1.26. The second-order valence-corrected chi connectivity index (χ2v) is 4.33. The first kappa shape index (κ1) is 14.7. The fourth-order valence-electron chi connectivity index (χ4n) is 1.35. The molecule has 0 aliphatic heterocycles. The van der Waals surface area contributed by atoms with E-state index in [9.17, 15) is 9.59 Å². The van der Waals surface area contributed by atoms with Crippen molar-refractivity contribution in [2.24, 2.45) is 5.92 Å². The van der Waals surface area contributed by atoms with Crippen molar-refractivity contribution in [3.8, 4) is 0 Å². The van der Waals surface area contributed by atoms with Crippen molar-refractivity contribution in [2.75, 3.05) is 0 Å². The Bertz CT molecular complexity index is 243. The van der Waals surface area contributed by atoms with Gasteiger partial charge in [0.2, 0.25) is 0 Å². The molecule has 0 aromatic carbocycles. The summed E-state index contributed by atoms with van der Waals surface area (Å²) in [4.78, 5) is 21.9. The smallest absolute Gasteiger partial charge is 0.325 e. The maximum absolute atomic E-state index is 11.4. The first-order chi connectivity index (χ1) is 7.36. The maximum atomic E-state index is 11.4. The number of amides is 2. The fraction of sp³-hybridized carbons (Fsp3) is 0.818. The van der Waals surface area contributed by atoms with E-state index in [4.69, 9.17) is 5.11 Å². The van der Waals surface area contributed by atoms with Crippen molar-refractivity contribution < 1.29 is 14.7 Å². The molecule has 2 amide bonds. The van der Waals surface area contributed by atoms with Gasteiger partial charge in [-0.2, -0.15) is 0 Å². The van der Waals surface area contributed by atoms with E-state index in [1.807, 2.05) is 6.92 Å². The molecule has 0 aromatic rings. The van der Waals surface area contributed by atoms with Crippen LogP contribution in [0.4, 0.5) is 4.79 Å². The van der Waals surface area contributed by atoms with Crippen LogP contribution in [0.3, 0.4) is 0 Å². The molecule has 0 rings (SSSR count). The highest BCUT2D eigenvalue weighted by molar-refractivity contribution is 5.82. The number of hydrogen-bond donors (Lipinski definition) is 3. The largest absolute Gasteiger partial charge is 0.480 e. The summed E-state index contributed by atoms with van der Waals surface area (Å²) in [7, 11) is 0. The predicted octanol–water partition coefficient (Wildman–Crippen LogP) is 1.58. The summed E-state index contributed by atoms with van der Waals surface area (Å²) in [5, 5.41) is 13.7. The highest BCUT2D eigenvalue weighted by Crippen LogP contribution is 2.09. The van der Waals surface area contributed by atoms with Crippen molar-refractivity contribution in [3.63, 3.8) is 0 Å². The van der Waals surface area contributed by atoms with E-state index in [1.54, 1.807) is 0 Å². The Balaban J connectivity index is 3.91. The van der Waals surface area contributed by atoms with Crippen LogP contribution in [-0.4, -0.2) is 29.2 Å². The monoisotopic (exact) mass is 230 g/mol. The molecule has 94 valence electrons. The highest BCUT2D eigenvalue weighted by Gasteiger charge is 2.15. The lowest BCUT2D eigenvalue weighted by Gasteiger charge is -2.18. The fourth-order valence-corrected chi connectivity index (χ4v) is 1.35. The molecule has 0 aromatic heterocycles. The number of aliphatic carboxylic acids is 1. The Kier molecular flexibility index (Phi) is 6.53. The number of rotatable bonds is 6. The first-order valence-corrected chi connectivity index (χ1v) is 5.66. The van der Waals surface area contributed by atoms with Crippen LogP contribution in [0.25, 0.3) is 0 Å². The minimum atomic E-state index is -1.04. The van der Waals surface area contributed by atoms with Gasteiger partial charge in [-0.3, -0.25) is 4.79 Å². The van der Waals surface area contributed by atoms with Crippen molar-refractivity contribution in [1.29, 1.82) is 0 Å². The van der Waals surface area contributed by atoms with E-state index < -0.39 is 18.0 Å². The molecule has 0 bridgehead atoms. The number of carboxylic acids is 1. The molecule has 0 aliphatic rings. The second-order valence-electron chi connectivity index (χ2n) is 4.33. The topological polar surface area (TPSA) is 78.4 Å². The number of hydrogen-bond acceptors (Lipinski definition) is 2. The standard InChI is InChI=1S/C11H22N2O3/c1-5-7(2)6-8(3)12-11(16)13-9(4)10(14)15/h7-9H,5-6H2,1-4H3,(H,14,15)(H2,12,13,16)/t7?,8?,9-/m0/s1. The van der Waals surface area contributed by atoms with E-state index in [1.165, 1.54) is 6.92 Å². The lowest BCUT2D eigenvalue weighted by Crippen LogP contribution is -2.47. The molecule has 0 saturated heterocycles. The Labute approximate surface area is 96.6 Å². The molecular formula is C11H22N2O3. The molecule has 0 fully saturated rings. The van der Waals surface area contributed by atoms with Gasteiger partial charge in [-0.25, -0.2) is 4.79 Å². The average Bonchev–Trinajstić information content (AvgIpc) is 2.16. The first-order valence-electron chi connectivity index (χ1n) is 5.66. The van der Waals surface area contributed by atoms with Gasteiger partial charge < -0.3 is 15.7 Å². The Morgan fingerprint density at radius 2 is 1.75 bits per heavy atom. The number of carboxylic acid groups (broad SMARTS) is 1. The molecular weight excluding hydrogens is 208 g/mol. The molecule has 3 N–H and O–H groups in total. The van der Waals surface area contributed by atoms with Crippen LogP contribution in [-0.2, 0) is 4.79 Å². The van der Waals surface area contributed by atoms with E-state index in [0.717, 1.165) is 12.8 Å². The summed E-state index contributed by atoms with van der Waals surface area (Å²) in [5.41, 5.74) is 0. The lowest BCUT2D eigenvalue weighted by molar-refractivity contribution is -0.138. The van der Waals surface area contributed by atoms with Crippen LogP contribution in [0, 0.1) is 5.92 Å². The second kappa shape index (κ2) is 7.09. The van der Waals surface area contributed by atoms with Crippen molar-refractivity contribution in [1.82, 2.24) is 10.6 Å². The zero-order valence-corrected chi connectivity index (χ0v) is 10.4. The van der Waals surface area contributed by atoms with Gasteiger partial charge in [0.05, 0.1) is 0 Å². The van der Waals surface area contributed by atoms with E-state index >= 15 is 0 Å². The molecule has 2 unspecified atom stereocenters. The SMILES string of the molecule is CCC(C)CC(C)NC(=O)N[C@@H](C)C(=O)O. The van der Waals surface area contributed by atoms with Gasteiger partial charge in [0, 0.05) is 6.04 Å².